The molecule has 30 heavy (non-hydrogen) atoms. The van der Waals surface area contributed by atoms with Crippen molar-refractivity contribution < 1.29 is 17.5 Å². The van der Waals surface area contributed by atoms with E-state index in [1.807, 2.05) is 0 Å². The zero-order chi connectivity index (χ0) is 21.6. The van der Waals surface area contributed by atoms with Gasteiger partial charge in [0, 0.05) is 12.3 Å². The van der Waals surface area contributed by atoms with Crippen molar-refractivity contribution >= 4 is 27.9 Å². The van der Waals surface area contributed by atoms with Crippen molar-refractivity contribution in [1.29, 1.82) is 0 Å². The zero-order valence-electron chi connectivity index (χ0n) is 16.3. The van der Waals surface area contributed by atoms with Crippen molar-refractivity contribution in [3.8, 4) is 5.75 Å². The third-order valence-electron chi connectivity index (χ3n) is 4.41. The summed E-state index contributed by atoms with van der Waals surface area (Å²) in [4.78, 5) is 3.52. The van der Waals surface area contributed by atoms with E-state index in [4.69, 9.17) is 4.74 Å². The number of halogens is 1. The van der Waals surface area contributed by atoms with Crippen LogP contribution in [0.25, 0.3) is 12.2 Å². The molecule has 1 atom stereocenters. The fraction of sp³-hybridized carbons (Fsp3) is 0.0870. The van der Waals surface area contributed by atoms with Crippen molar-refractivity contribution in [3.63, 3.8) is 0 Å². The molecule has 1 unspecified atom stereocenters. The van der Waals surface area contributed by atoms with E-state index in [2.05, 4.69) is 16.3 Å². The lowest BCUT2D eigenvalue weighted by atomic mass is 10.1. The van der Waals surface area contributed by atoms with Gasteiger partial charge >= 0.3 is 0 Å². The molecule has 1 N–H and O–H groups in total. The highest BCUT2D eigenvalue weighted by Crippen LogP contribution is 2.29. The van der Waals surface area contributed by atoms with Crippen LogP contribution in [0.15, 0.2) is 79.5 Å². The molecule has 3 rings (SSSR count). The fourth-order valence-electron chi connectivity index (χ4n) is 2.89. The van der Waals surface area contributed by atoms with E-state index < -0.39 is 21.2 Å². The van der Waals surface area contributed by atoms with Crippen molar-refractivity contribution in [1.82, 2.24) is 4.98 Å². The van der Waals surface area contributed by atoms with Gasteiger partial charge in [-0.25, -0.2) is 13.4 Å². The monoisotopic (exact) mass is 424 g/mol. The molecule has 154 valence electrons. The number of hydrogen-bond acceptors (Lipinski definition) is 4. The van der Waals surface area contributed by atoms with Crippen LogP contribution in [0.1, 0.15) is 21.9 Å². The maximum Gasteiger partial charge on any atom is 0.243 e. The molecule has 0 bridgehead atoms. The first kappa shape index (κ1) is 21.3. The fourth-order valence-corrected chi connectivity index (χ4v) is 4.28. The van der Waals surface area contributed by atoms with Crippen molar-refractivity contribution in [2.24, 2.45) is 0 Å². The lowest BCUT2D eigenvalue weighted by molar-refractivity contribution is 0.414. The number of methoxy groups -OCH3 is 1. The summed E-state index contributed by atoms with van der Waals surface area (Å²) in [6, 6.07) is 16.7. The number of ether oxygens (including phenoxy) is 1. The van der Waals surface area contributed by atoms with Crippen LogP contribution in [0.3, 0.4) is 0 Å². The van der Waals surface area contributed by atoms with Crippen LogP contribution in [-0.2, 0) is 10.0 Å². The Kier molecular flexibility index (Phi) is 6.64. The van der Waals surface area contributed by atoms with E-state index in [9.17, 15) is 12.8 Å². The topological polar surface area (TPSA) is 68.3 Å². The Morgan fingerprint density at radius 1 is 1.10 bits per heavy atom. The highest BCUT2D eigenvalue weighted by Gasteiger charge is 2.25. The van der Waals surface area contributed by atoms with Crippen LogP contribution < -0.4 is 9.46 Å². The van der Waals surface area contributed by atoms with Crippen LogP contribution >= 0.6 is 0 Å². The summed E-state index contributed by atoms with van der Waals surface area (Å²) in [5.41, 5.74) is 2.22. The van der Waals surface area contributed by atoms with Gasteiger partial charge in [0.1, 0.15) is 11.0 Å². The maximum absolute atomic E-state index is 13.3. The summed E-state index contributed by atoms with van der Waals surface area (Å²) >= 11 is 0. The van der Waals surface area contributed by atoms with E-state index in [0.29, 0.717) is 28.1 Å². The summed E-state index contributed by atoms with van der Waals surface area (Å²) in [7, 11) is -2.28. The molecule has 5 nitrogen and oxygen atoms in total. The summed E-state index contributed by atoms with van der Waals surface area (Å²) in [6.07, 6.45) is 6.14. The lowest BCUT2D eigenvalue weighted by Gasteiger charge is -2.17. The van der Waals surface area contributed by atoms with Gasteiger partial charge in [-0.05, 0) is 41.0 Å². The number of rotatable bonds is 8. The lowest BCUT2D eigenvalue weighted by Crippen LogP contribution is -2.20. The second kappa shape index (κ2) is 9.37. The Hall–Kier alpha value is -3.45. The van der Waals surface area contributed by atoms with Gasteiger partial charge in [0.15, 0.2) is 0 Å². The normalized spacial score (nSPS) is 12.5. The predicted molar refractivity (Wildman–Crippen MR) is 118 cm³/mol. The minimum atomic E-state index is -3.82. The molecule has 0 fully saturated rings. The van der Waals surface area contributed by atoms with Gasteiger partial charge in [-0.3, -0.25) is 4.72 Å². The van der Waals surface area contributed by atoms with Crippen LogP contribution in [0.2, 0.25) is 0 Å². The molecule has 3 aromatic rings. The average Bonchev–Trinajstić information content (AvgIpc) is 2.74. The Morgan fingerprint density at radius 2 is 1.83 bits per heavy atom. The maximum atomic E-state index is 13.3. The molecule has 0 saturated heterocycles. The highest BCUT2D eigenvalue weighted by atomic mass is 32.2. The minimum absolute atomic E-state index is 0.406. The Bertz CT molecular complexity index is 1160. The number of pyridine rings is 1. The molecule has 0 saturated carbocycles. The first-order valence-electron chi connectivity index (χ1n) is 9.10. The molecular weight excluding hydrogens is 403 g/mol. The van der Waals surface area contributed by atoms with E-state index in [1.165, 1.54) is 18.3 Å². The van der Waals surface area contributed by atoms with E-state index in [0.717, 1.165) is 0 Å². The van der Waals surface area contributed by atoms with Crippen molar-refractivity contribution in [2.75, 3.05) is 11.8 Å². The van der Waals surface area contributed by atoms with Gasteiger partial charge in [0.25, 0.3) is 0 Å². The SMILES string of the molecule is C=CC(c1ccc(OC)cc1)S(=O)(=O)Nc1ccccc1C=Cc1ccnc(F)c1. The van der Waals surface area contributed by atoms with E-state index in [1.54, 1.807) is 73.9 Å². The number of para-hydroxylation sites is 1. The summed E-state index contributed by atoms with van der Waals surface area (Å²) in [5, 5.41) is -0.949. The molecular formula is C23H21FN2O3S. The van der Waals surface area contributed by atoms with E-state index in [-0.39, 0.29) is 0 Å². The molecule has 0 radical (unpaired) electrons. The smallest absolute Gasteiger partial charge is 0.243 e. The quantitative estimate of drug-likeness (QED) is 0.405. The zero-order valence-corrected chi connectivity index (χ0v) is 17.1. The Labute approximate surface area is 175 Å². The largest absolute Gasteiger partial charge is 0.497 e. The van der Waals surface area contributed by atoms with E-state index >= 15 is 0 Å². The Morgan fingerprint density at radius 3 is 2.50 bits per heavy atom. The minimum Gasteiger partial charge on any atom is -0.497 e. The molecule has 0 amide bonds. The highest BCUT2D eigenvalue weighted by molar-refractivity contribution is 7.93. The van der Waals surface area contributed by atoms with Crippen molar-refractivity contribution in [3.05, 3.63) is 102 Å². The van der Waals surface area contributed by atoms with Gasteiger partial charge in [-0.15, -0.1) is 6.58 Å². The number of hydrogen-bond donors (Lipinski definition) is 1. The molecule has 7 heteroatoms. The first-order valence-corrected chi connectivity index (χ1v) is 10.6. The van der Waals surface area contributed by atoms with Crippen LogP contribution in [0.5, 0.6) is 5.75 Å². The summed E-state index contributed by atoms with van der Waals surface area (Å²) in [5.74, 6) is 0.0504. The number of nitrogens with one attached hydrogen (secondary N) is 1. The van der Waals surface area contributed by atoms with Crippen molar-refractivity contribution in [2.45, 2.75) is 5.25 Å². The first-order chi connectivity index (χ1) is 14.4. The van der Waals surface area contributed by atoms with Gasteiger partial charge < -0.3 is 4.74 Å². The number of sulfonamides is 1. The van der Waals surface area contributed by atoms with Gasteiger partial charge in [0.05, 0.1) is 12.8 Å². The molecule has 1 heterocycles. The molecule has 0 spiro atoms. The second-order valence-electron chi connectivity index (χ2n) is 6.41. The van der Waals surface area contributed by atoms with Crippen LogP contribution in [-0.4, -0.2) is 20.5 Å². The molecule has 2 aromatic carbocycles. The van der Waals surface area contributed by atoms with Gasteiger partial charge in [-0.2, -0.15) is 4.39 Å². The number of nitrogens with zero attached hydrogens (tertiary/aromatic N) is 1. The predicted octanol–water partition coefficient (Wildman–Crippen LogP) is 5.07. The third kappa shape index (κ3) is 5.12. The Balaban J connectivity index is 1.88. The molecule has 1 aromatic heterocycles. The molecule has 0 aliphatic rings. The third-order valence-corrected chi connectivity index (χ3v) is 6.05. The standard InChI is InChI=1S/C23H21FN2O3S/c1-3-22(19-10-12-20(29-2)13-11-19)30(27,28)26-21-7-5-4-6-18(21)9-8-17-14-15-25-23(24)16-17/h3-16,22,26H,1H2,2H3. The second-order valence-corrected chi connectivity index (χ2v) is 8.21. The number of anilines is 1. The average molecular weight is 424 g/mol. The van der Waals surface area contributed by atoms with Gasteiger partial charge in [0.2, 0.25) is 16.0 Å². The number of benzene rings is 2. The molecule has 0 aliphatic heterocycles. The summed E-state index contributed by atoms with van der Waals surface area (Å²) in [6.45, 7) is 3.69. The molecule has 0 aliphatic carbocycles. The van der Waals surface area contributed by atoms with Crippen LogP contribution in [0, 0.1) is 5.95 Å². The number of aromatic nitrogens is 1. The van der Waals surface area contributed by atoms with Gasteiger partial charge in [-0.1, -0.05) is 48.6 Å². The summed E-state index contributed by atoms with van der Waals surface area (Å²) < 4.78 is 47.2. The van der Waals surface area contributed by atoms with Crippen LogP contribution in [0.4, 0.5) is 10.1 Å².